The fourth-order valence-electron chi connectivity index (χ4n) is 2.62. The zero-order valence-electron chi connectivity index (χ0n) is 15.0. The van der Waals surface area contributed by atoms with Crippen molar-refractivity contribution in [3.05, 3.63) is 63.4 Å². The van der Waals surface area contributed by atoms with Crippen LogP contribution >= 0.6 is 11.3 Å². The third kappa shape index (κ3) is 3.96. The van der Waals surface area contributed by atoms with E-state index in [0.717, 1.165) is 27.8 Å². The monoisotopic (exact) mass is 354 g/mol. The summed E-state index contributed by atoms with van der Waals surface area (Å²) in [4.78, 5) is 16.8. The van der Waals surface area contributed by atoms with Gasteiger partial charge in [0.1, 0.15) is 0 Å². The maximum Gasteiger partial charge on any atom is 0.251 e. The molecule has 3 rings (SSSR count). The standard InChI is InChI=1S/C19H22N4OS/c1-12-5-6-16(9-13(12)2)18(24)20-8-7-17-11-25-19(21-17)23-15(4)10-14(3)22-23/h5-6,9-11H,7-8H2,1-4H3,(H,20,24). The minimum absolute atomic E-state index is 0.0444. The molecule has 0 saturated carbocycles. The van der Waals surface area contributed by atoms with Crippen LogP contribution < -0.4 is 5.32 Å². The lowest BCUT2D eigenvalue weighted by Gasteiger charge is -2.06. The van der Waals surface area contributed by atoms with Crippen molar-refractivity contribution in [2.45, 2.75) is 34.1 Å². The predicted molar refractivity (Wildman–Crippen MR) is 101 cm³/mol. The van der Waals surface area contributed by atoms with Gasteiger partial charge in [-0.15, -0.1) is 11.3 Å². The minimum Gasteiger partial charge on any atom is -0.352 e. The van der Waals surface area contributed by atoms with E-state index >= 15 is 0 Å². The molecule has 0 aliphatic carbocycles. The highest BCUT2D eigenvalue weighted by molar-refractivity contribution is 7.12. The van der Waals surface area contributed by atoms with Gasteiger partial charge in [-0.2, -0.15) is 5.10 Å². The molecule has 1 N–H and O–H groups in total. The normalized spacial score (nSPS) is 10.9. The molecule has 0 bridgehead atoms. The van der Waals surface area contributed by atoms with Gasteiger partial charge in [-0.25, -0.2) is 9.67 Å². The lowest BCUT2D eigenvalue weighted by Crippen LogP contribution is -2.25. The third-order valence-corrected chi connectivity index (χ3v) is 5.03. The van der Waals surface area contributed by atoms with Crippen LogP contribution in [-0.4, -0.2) is 27.2 Å². The molecular weight excluding hydrogens is 332 g/mol. The number of hydrogen-bond donors (Lipinski definition) is 1. The summed E-state index contributed by atoms with van der Waals surface area (Å²) >= 11 is 1.57. The van der Waals surface area contributed by atoms with Crippen LogP contribution in [0.1, 0.15) is 38.6 Å². The van der Waals surface area contributed by atoms with Gasteiger partial charge in [0.05, 0.1) is 11.4 Å². The van der Waals surface area contributed by atoms with Gasteiger partial charge in [-0.1, -0.05) is 6.07 Å². The number of thiazole rings is 1. The number of aryl methyl sites for hydroxylation is 4. The van der Waals surface area contributed by atoms with Gasteiger partial charge < -0.3 is 5.32 Å². The van der Waals surface area contributed by atoms with Gasteiger partial charge in [0.15, 0.2) is 0 Å². The van der Waals surface area contributed by atoms with Gasteiger partial charge in [0.25, 0.3) is 5.91 Å². The van der Waals surface area contributed by atoms with Crippen LogP contribution in [0.3, 0.4) is 0 Å². The molecule has 0 unspecified atom stereocenters. The van der Waals surface area contributed by atoms with E-state index in [0.29, 0.717) is 18.5 Å². The van der Waals surface area contributed by atoms with E-state index in [1.807, 2.05) is 62.0 Å². The molecule has 1 amide bonds. The molecule has 25 heavy (non-hydrogen) atoms. The molecular formula is C19H22N4OS. The van der Waals surface area contributed by atoms with Crippen LogP contribution in [0.25, 0.3) is 5.13 Å². The molecule has 0 spiro atoms. The second kappa shape index (κ2) is 7.19. The number of benzene rings is 1. The number of hydrogen-bond acceptors (Lipinski definition) is 4. The molecule has 1 aromatic carbocycles. The molecule has 2 aromatic heterocycles. The van der Waals surface area contributed by atoms with Gasteiger partial charge in [0, 0.05) is 29.6 Å². The van der Waals surface area contributed by atoms with Crippen molar-refractivity contribution in [2.75, 3.05) is 6.54 Å². The van der Waals surface area contributed by atoms with Crippen molar-refractivity contribution in [3.8, 4) is 5.13 Å². The number of nitrogens with one attached hydrogen (secondary N) is 1. The van der Waals surface area contributed by atoms with E-state index in [1.165, 1.54) is 5.56 Å². The summed E-state index contributed by atoms with van der Waals surface area (Å²) in [5.41, 5.74) is 6.03. The molecule has 3 aromatic rings. The molecule has 5 nitrogen and oxygen atoms in total. The summed E-state index contributed by atoms with van der Waals surface area (Å²) in [6.07, 6.45) is 0.701. The van der Waals surface area contributed by atoms with Crippen LogP contribution in [-0.2, 0) is 6.42 Å². The SMILES string of the molecule is Cc1cc(C)n(-c2nc(CCNC(=O)c3ccc(C)c(C)c3)cs2)n1. The maximum atomic E-state index is 12.2. The summed E-state index contributed by atoms with van der Waals surface area (Å²) in [6, 6.07) is 7.80. The summed E-state index contributed by atoms with van der Waals surface area (Å²) in [6.45, 7) is 8.61. The van der Waals surface area contributed by atoms with E-state index in [-0.39, 0.29) is 5.91 Å². The van der Waals surface area contributed by atoms with Crippen LogP contribution in [0.5, 0.6) is 0 Å². The Bertz CT molecular complexity index is 910. The minimum atomic E-state index is -0.0444. The highest BCUT2D eigenvalue weighted by atomic mass is 32.1. The lowest BCUT2D eigenvalue weighted by molar-refractivity contribution is 0.0954. The average molecular weight is 354 g/mol. The Morgan fingerprint density at radius 2 is 1.96 bits per heavy atom. The Morgan fingerprint density at radius 1 is 1.16 bits per heavy atom. The van der Waals surface area contributed by atoms with Crippen LogP contribution in [0.15, 0.2) is 29.6 Å². The first-order valence-corrected chi connectivity index (χ1v) is 9.15. The highest BCUT2D eigenvalue weighted by Gasteiger charge is 2.10. The Kier molecular flexibility index (Phi) is 4.99. The fourth-order valence-corrected chi connectivity index (χ4v) is 3.49. The predicted octanol–water partition coefficient (Wildman–Crippen LogP) is 3.53. The van der Waals surface area contributed by atoms with Gasteiger partial charge in [-0.3, -0.25) is 4.79 Å². The van der Waals surface area contributed by atoms with E-state index < -0.39 is 0 Å². The van der Waals surface area contributed by atoms with Crippen LogP contribution in [0.4, 0.5) is 0 Å². The molecule has 2 heterocycles. The lowest BCUT2D eigenvalue weighted by atomic mass is 10.1. The molecule has 0 aliphatic heterocycles. The van der Waals surface area contributed by atoms with Crippen molar-refractivity contribution in [1.82, 2.24) is 20.1 Å². The second-order valence-electron chi connectivity index (χ2n) is 6.27. The smallest absolute Gasteiger partial charge is 0.251 e. The Labute approximate surface area is 151 Å². The number of carbonyl (C=O) groups excluding carboxylic acids is 1. The number of amides is 1. The Hall–Kier alpha value is -2.47. The molecule has 6 heteroatoms. The van der Waals surface area contributed by atoms with Crippen molar-refractivity contribution in [1.29, 1.82) is 0 Å². The Balaban J connectivity index is 1.58. The van der Waals surface area contributed by atoms with Gasteiger partial charge >= 0.3 is 0 Å². The third-order valence-electron chi connectivity index (χ3n) is 4.17. The first-order valence-electron chi connectivity index (χ1n) is 8.27. The molecule has 0 saturated heterocycles. The number of carbonyl (C=O) groups is 1. The van der Waals surface area contributed by atoms with E-state index in [2.05, 4.69) is 15.4 Å². The molecule has 0 radical (unpaired) electrons. The zero-order chi connectivity index (χ0) is 18.0. The molecule has 0 aliphatic rings. The quantitative estimate of drug-likeness (QED) is 0.762. The number of rotatable bonds is 5. The first kappa shape index (κ1) is 17.4. The summed E-state index contributed by atoms with van der Waals surface area (Å²) in [5.74, 6) is -0.0444. The van der Waals surface area contributed by atoms with Gasteiger partial charge in [0.2, 0.25) is 5.13 Å². The van der Waals surface area contributed by atoms with Crippen LogP contribution in [0.2, 0.25) is 0 Å². The van der Waals surface area contributed by atoms with E-state index in [1.54, 1.807) is 11.3 Å². The largest absolute Gasteiger partial charge is 0.352 e. The molecule has 0 fully saturated rings. The van der Waals surface area contributed by atoms with Crippen LogP contribution in [0, 0.1) is 27.7 Å². The second-order valence-corrected chi connectivity index (χ2v) is 7.10. The fraction of sp³-hybridized carbons (Fsp3) is 0.316. The van der Waals surface area contributed by atoms with Crippen molar-refractivity contribution in [2.24, 2.45) is 0 Å². The summed E-state index contributed by atoms with van der Waals surface area (Å²) < 4.78 is 1.86. The van der Waals surface area contributed by atoms with Crippen molar-refractivity contribution >= 4 is 17.2 Å². The van der Waals surface area contributed by atoms with E-state index in [9.17, 15) is 4.79 Å². The molecule has 0 atom stereocenters. The average Bonchev–Trinajstić information content (AvgIpc) is 3.16. The summed E-state index contributed by atoms with van der Waals surface area (Å²) in [5, 5.41) is 10.3. The number of nitrogens with zero attached hydrogens (tertiary/aromatic N) is 3. The highest BCUT2D eigenvalue weighted by Crippen LogP contribution is 2.17. The number of aromatic nitrogens is 3. The zero-order valence-corrected chi connectivity index (χ0v) is 15.8. The maximum absolute atomic E-state index is 12.2. The summed E-state index contributed by atoms with van der Waals surface area (Å²) in [7, 11) is 0. The van der Waals surface area contributed by atoms with Gasteiger partial charge in [-0.05, 0) is 57.0 Å². The molecule has 130 valence electrons. The van der Waals surface area contributed by atoms with Crippen molar-refractivity contribution < 1.29 is 4.79 Å². The van der Waals surface area contributed by atoms with Crippen molar-refractivity contribution in [3.63, 3.8) is 0 Å². The topological polar surface area (TPSA) is 59.8 Å². The Morgan fingerprint density at radius 3 is 2.64 bits per heavy atom. The van der Waals surface area contributed by atoms with E-state index in [4.69, 9.17) is 0 Å². The first-order chi connectivity index (χ1) is 11.9.